The third-order valence-corrected chi connectivity index (χ3v) is 14.9. The lowest BCUT2D eigenvalue weighted by Gasteiger charge is -2.47. The van der Waals surface area contributed by atoms with Crippen LogP contribution in [0.15, 0.2) is 22.9 Å². The first-order valence-corrected chi connectivity index (χ1v) is 18.2. The molecule has 4 unspecified atom stereocenters. The van der Waals surface area contributed by atoms with Crippen LogP contribution in [0.4, 0.5) is 0 Å². The Kier molecular flexibility index (Phi) is 7.79. The molecule has 0 aromatic heterocycles. The first-order chi connectivity index (χ1) is 14.1. The van der Waals surface area contributed by atoms with E-state index in [9.17, 15) is 0 Å². The van der Waals surface area contributed by atoms with Crippen LogP contribution in [-0.4, -0.2) is 54.9 Å². The second-order valence-electron chi connectivity index (χ2n) is 13.3. The van der Waals surface area contributed by atoms with Gasteiger partial charge in [0.25, 0.3) is 0 Å². The van der Waals surface area contributed by atoms with Gasteiger partial charge in [0.15, 0.2) is 0 Å². The number of rotatable bonds is 6. The fourth-order valence-corrected chi connectivity index (χ4v) is 12.2. The Hall–Kier alpha value is 0.477. The quantitative estimate of drug-likeness (QED) is 0.333. The van der Waals surface area contributed by atoms with Crippen molar-refractivity contribution < 1.29 is 0 Å². The Morgan fingerprint density at radius 2 is 1.42 bits per heavy atom. The maximum atomic E-state index is 3.93. The molecule has 1 aliphatic carbocycles. The largest absolute Gasteiger partial charge is 0.313 e. The normalized spacial score (nSPS) is 30.0. The summed E-state index contributed by atoms with van der Waals surface area (Å²) in [5.41, 5.74) is 1.73. The van der Waals surface area contributed by atoms with Gasteiger partial charge in [-0.25, -0.2) is 0 Å². The highest BCUT2D eigenvalue weighted by Gasteiger charge is 2.50. The third kappa shape index (κ3) is 5.59. The standard InChI is InChI=1S/C26H50N2P2Si/c1-24(2,3)30(25(4,5)6)18-19-16-20(31(7,8)9)17-21(19)26(29,22-12-10-14-27-22)23-13-11-15-28-23/h16-17,19,22-23,27-28H,10-15,18,29H2,1-9H3. The summed E-state index contributed by atoms with van der Waals surface area (Å²) in [7, 11) is 1.96. The monoisotopic (exact) mass is 480 g/mol. The minimum atomic E-state index is -1.37. The third-order valence-electron chi connectivity index (χ3n) is 7.73. The first kappa shape index (κ1) is 26.1. The predicted octanol–water partition coefficient (Wildman–Crippen LogP) is 6.54. The van der Waals surface area contributed by atoms with Gasteiger partial charge in [0.05, 0.1) is 8.07 Å². The summed E-state index contributed by atoms with van der Waals surface area (Å²) in [6.07, 6.45) is 12.0. The molecule has 5 heteroatoms. The van der Waals surface area contributed by atoms with Crippen LogP contribution < -0.4 is 10.6 Å². The van der Waals surface area contributed by atoms with E-state index < -0.39 is 8.07 Å². The van der Waals surface area contributed by atoms with Crippen LogP contribution in [0.5, 0.6) is 0 Å². The maximum absolute atomic E-state index is 3.93. The van der Waals surface area contributed by atoms with Crippen molar-refractivity contribution in [1.29, 1.82) is 0 Å². The summed E-state index contributed by atoms with van der Waals surface area (Å²) in [4.78, 5) is 0. The molecule has 2 saturated heterocycles. The van der Waals surface area contributed by atoms with E-state index >= 15 is 0 Å². The average Bonchev–Trinajstić information content (AvgIpc) is 3.38. The second kappa shape index (κ2) is 9.26. The fraction of sp³-hybridized carbons (Fsp3) is 0.846. The summed E-state index contributed by atoms with van der Waals surface area (Å²) >= 11 is 0. The van der Waals surface area contributed by atoms with E-state index in [1.165, 1.54) is 44.9 Å². The van der Waals surface area contributed by atoms with Crippen molar-refractivity contribution >= 4 is 25.2 Å². The Balaban J connectivity index is 2.05. The van der Waals surface area contributed by atoms with E-state index in [0.717, 1.165) is 0 Å². The molecule has 0 saturated carbocycles. The van der Waals surface area contributed by atoms with Gasteiger partial charge < -0.3 is 10.6 Å². The molecular formula is C26H50N2P2Si. The summed E-state index contributed by atoms with van der Waals surface area (Å²) < 4.78 is 0. The number of hydrogen-bond donors (Lipinski definition) is 2. The highest BCUT2D eigenvalue weighted by molar-refractivity contribution is 7.60. The Bertz CT molecular complexity index is 666. The van der Waals surface area contributed by atoms with Gasteiger partial charge in [-0.05, 0) is 55.2 Å². The van der Waals surface area contributed by atoms with Crippen molar-refractivity contribution in [2.75, 3.05) is 19.3 Å². The highest BCUT2D eigenvalue weighted by atomic mass is 31.1. The van der Waals surface area contributed by atoms with Gasteiger partial charge in [-0.15, -0.1) is 9.24 Å². The highest BCUT2D eigenvalue weighted by Crippen LogP contribution is 2.62. The molecular weight excluding hydrogens is 430 g/mol. The van der Waals surface area contributed by atoms with Crippen molar-refractivity contribution in [3.05, 3.63) is 22.9 Å². The lowest BCUT2D eigenvalue weighted by molar-refractivity contribution is 0.373. The summed E-state index contributed by atoms with van der Waals surface area (Å²) in [5.74, 6) is 0.591. The zero-order chi connectivity index (χ0) is 23.2. The Morgan fingerprint density at radius 1 is 0.935 bits per heavy atom. The number of hydrogen-bond acceptors (Lipinski definition) is 2. The smallest absolute Gasteiger partial charge is 0.0772 e. The Morgan fingerprint density at radius 3 is 1.77 bits per heavy atom. The lowest BCUT2D eigenvalue weighted by atomic mass is 9.78. The molecule has 0 aromatic rings. The molecule has 2 aliphatic heterocycles. The molecule has 3 aliphatic rings. The lowest BCUT2D eigenvalue weighted by Crippen LogP contribution is -2.56. The maximum Gasteiger partial charge on any atom is 0.0772 e. The van der Waals surface area contributed by atoms with Gasteiger partial charge in [0, 0.05) is 23.2 Å². The zero-order valence-corrected chi connectivity index (χ0v) is 24.9. The van der Waals surface area contributed by atoms with Crippen molar-refractivity contribution in [2.24, 2.45) is 5.92 Å². The second-order valence-corrected chi connectivity index (χ2v) is 23.2. The predicted molar refractivity (Wildman–Crippen MR) is 149 cm³/mol. The summed E-state index contributed by atoms with van der Waals surface area (Å²) in [6, 6.07) is 1.15. The van der Waals surface area contributed by atoms with Crippen LogP contribution in [0.1, 0.15) is 67.2 Å². The summed E-state index contributed by atoms with van der Waals surface area (Å²) in [6.45, 7) is 24.8. The Labute approximate surface area is 198 Å². The van der Waals surface area contributed by atoms with E-state index in [2.05, 4.69) is 93.2 Å². The molecule has 2 fully saturated rings. The average molecular weight is 481 g/mol. The molecule has 0 spiro atoms. The van der Waals surface area contributed by atoms with Gasteiger partial charge >= 0.3 is 0 Å². The van der Waals surface area contributed by atoms with Gasteiger partial charge in [0.1, 0.15) is 0 Å². The topological polar surface area (TPSA) is 24.1 Å². The van der Waals surface area contributed by atoms with Crippen LogP contribution in [-0.2, 0) is 0 Å². The van der Waals surface area contributed by atoms with E-state index in [-0.39, 0.29) is 13.1 Å². The fourth-order valence-electron chi connectivity index (χ4n) is 6.27. The minimum absolute atomic E-state index is 0.127. The molecule has 178 valence electrons. The molecule has 0 aromatic carbocycles. The number of nitrogens with one attached hydrogen (secondary N) is 2. The van der Waals surface area contributed by atoms with E-state index in [1.807, 2.05) is 0 Å². The van der Waals surface area contributed by atoms with Gasteiger partial charge in [0.2, 0.25) is 0 Å². The van der Waals surface area contributed by atoms with Crippen molar-refractivity contribution in [1.82, 2.24) is 10.6 Å². The van der Waals surface area contributed by atoms with Crippen LogP contribution in [0.3, 0.4) is 0 Å². The van der Waals surface area contributed by atoms with Gasteiger partial charge in [-0.2, -0.15) is 0 Å². The molecule has 3 rings (SSSR count). The molecule has 0 bridgehead atoms. The molecule has 0 radical (unpaired) electrons. The molecule has 2 nitrogen and oxygen atoms in total. The van der Waals surface area contributed by atoms with Gasteiger partial charge in [-0.1, -0.05) is 92.0 Å². The molecule has 4 atom stereocenters. The zero-order valence-electron chi connectivity index (χ0n) is 21.9. The molecule has 2 N–H and O–H groups in total. The minimum Gasteiger partial charge on any atom is -0.313 e. The van der Waals surface area contributed by atoms with Gasteiger partial charge in [-0.3, -0.25) is 0 Å². The summed E-state index contributed by atoms with van der Waals surface area (Å²) in [5, 5.41) is 10.4. The van der Waals surface area contributed by atoms with E-state index in [4.69, 9.17) is 0 Å². The van der Waals surface area contributed by atoms with Crippen LogP contribution in [0.2, 0.25) is 19.6 Å². The number of allylic oxidation sites excluding steroid dienone is 3. The van der Waals surface area contributed by atoms with Crippen LogP contribution >= 0.6 is 17.2 Å². The van der Waals surface area contributed by atoms with E-state index in [0.29, 0.717) is 28.3 Å². The van der Waals surface area contributed by atoms with Crippen molar-refractivity contribution in [3.63, 3.8) is 0 Å². The van der Waals surface area contributed by atoms with Crippen molar-refractivity contribution in [2.45, 2.75) is 114 Å². The molecule has 0 amide bonds. The molecule has 2 heterocycles. The van der Waals surface area contributed by atoms with E-state index in [1.54, 1.807) is 10.8 Å². The molecule has 31 heavy (non-hydrogen) atoms. The van der Waals surface area contributed by atoms with Crippen LogP contribution in [0, 0.1) is 5.92 Å². The van der Waals surface area contributed by atoms with Crippen LogP contribution in [0.25, 0.3) is 0 Å². The SMILES string of the molecule is CC(C)(C)P(CC1C=C([Si](C)(C)C)C=C1C(P)(C1CCCN1)C1CCCN1)C(C)(C)C. The first-order valence-electron chi connectivity index (χ1n) is 12.6. The van der Waals surface area contributed by atoms with Crippen molar-refractivity contribution in [3.8, 4) is 0 Å².